The average molecular weight is 531 g/mol. The summed E-state index contributed by atoms with van der Waals surface area (Å²) >= 11 is 0. The van der Waals surface area contributed by atoms with Crippen molar-refractivity contribution in [3.63, 3.8) is 0 Å². The molecule has 1 rings (SSSR count). The summed E-state index contributed by atoms with van der Waals surface area (Å²) in [6, 6.07) is 9.50. The predicted molar refractivity (Wildman–Crippen MR) is 171 cm³/mol. The zero-order valence-electron chi connectivity index (χ0n) is 27.2. The molecule has 0 amide bonds. The molecular weight excluding hydrogens is 460 g/mol. The van der Waals surface area contributed by atoms with Gasteiger partial charge in [0.15, 0.2) is 0 Å². The van der Waals surface area contributed by atoms with E-state index in [4.69, 9.17) is 0 Å². The van der Waals surface area contributed by atoms with Crippen LogP contribution in [0.3, 0.4) is 0 Å². The van der Waals surface area contributed by atoms with E-state index in [2.05, 4.69) is 66.3 Å². The molecule has 0 saturated heterocycles. The number of quaternary nitrogens is 2. The van der Waals surface area contributed by atoms with E-state index < -0.39 is 0 Å². The van der Waals surface area contributed by atoms with Gasteiger partial charge in [-0.1, -0.05) is 135 Å². The van der Waals surface area contributed by atoms with Crippen molar-refractivity contribution >= 4 is 0 Å². The van der Waals surface area contributed by atoms with E-state index in [-0.39, 0.29) is 0 Å². The number of unbranched alkanes of at least 4 members (excludes halogenated alkanes) is 18. The molecule has 0 radical (unpaired) electrons. The maximum atomic E-state index is 2.50. The lowest BCUT2D eigenvalue weighted by atomic mass is 10.1. The molecule has 2 heteroatoms. The van der Waals surface area contributed by atoms with Crippen molar-refractivity contribution < 1.29 is 8.97 Å². The molecule has 0 aliphatic heterocycles. The summed E-state index contributed by atoms with van der Waals surface area (Å²) in [7, 11) is 9.69. The van der Waals surface area contributed by atoms with Crippen LogP contribution in [0.1, 0.15) is 153 Å². The Labute approximate surface area is 240 Å². The van der Waals surface area contributed by atoms with E-state index in [0.717, 1.165) is 22.1 Å². The molecular formula is C36H70N2+2. The summed E-state index contributed by atoms with van der Waals surface area (Å²) in [5.41, 5.74) is 3.03. The highest BCUT2D eigenvalue weighted by atomic mass is 15.3. The third-order valence-electron chi connectivity index (χ3n) is 8.45. The molecule has 222 valence electrons. The van der Waals surface area contributed by atoms with Crippen LogP contribution in [0.15, 0.2) is 24.3 Å². The molecule has 0 heterocycles. The quantitative estimate of drug-likeness (QED) is 0.0825. The molecule has 0 aliphatic carbocycles. The molecule has 0 N–H and O–H groups in total. The van der Waals surface area contributed by atoms with Gasteiger partial charge < -0.3 is 8.97 Å². The molecule has 0 saturated carbocycles. The number of hydrogen-bond acceptors (Lipinski definition) is 0. The van der Waals surface area contributed by atoms with Crippen molar-refractivity contribution in [1.29, 1.82) is 0 Å². The monoisotopic (exact) mass is 531 g/mol. The van der Waals surface area contributed by atoms with Gasteiger partial charge in [0, 0.05) is 11.1 Å². The normalized spacial score (nSPS) is 12.4. The first kappa shape index (κ1) is 35.2. The van der Waals surface area contributed by atoms with Gasteiger partial charge in [0.2, 0.25) is 0 Å². The third-order valence-corrected chi connectivity index (χ3v) is 8.45. The minimum absolute atomic E-state index is 1.11. The Morgan fingerprint density at radius 1 is 0.421 bits per heavy atom. The SMILES string of the molecule is CCCCCCCCCCCC[N+](C)(C)Cc1cccc(C[N+](C)(C)CCCCCCCCCCCC)c1. The zero-order chi connectivity index (χ0) is 28.0. The Morgan fingerprint density at radius 3 is 1.03 bits per heavy atom. The van der Waals surface area contributed by atoms with Crippen LogP contribution in [-0.4, -0.2) is 50.2 Å². The van der Waals surface area contributed by atoms with Crippen molar-refractivity contribution in [3.05, 3.63) is 35.4 Å². The lowest BCUT2D eigenvalue weighted by molar-refractivity contribution is -0.904. The highest BCUT2D eigenvalue weighted by Crippen LogP contribution is 2.18. The van der Waals surface area contributed by atoms with Crippen LogP contribution in [-0.2, 0) is 13.1 Å². The Balaban J connectivity index is 2.24. The van der Waals surface area contributed by atoms with Crippen LogP contribution in [0.25, 0.3) is 0 Å². The Kier molecular flexibility index (Phi) is 20.3. The summed E-state index contributed by atoms with van der Waals surface area (Å²) in [6.45, 7) is 9.49. The lowest BCUT2D eigenvalue weighted by Gasteiger charge is -2.31. The number of nitrogens with zero attached hydrogens (tertiary/aromatic N) is 2. The highest BCUT2D eigenvalue weighted by molar-refractivity contribution is 5.22. The maximum Gasteiger partial charge on any atom is 0.104 e. The smallest absolute Gasteiger partial charge is 0.104 e. The van der Waals surface area contributed by atoms with Gasteiger partial charge in [-0.15, -0.1) is 0 Å². The Hall–Kier alpha value is -0.860. The number of hydrogen-bond donors (Lipinski definition) is 0. The minimum Gasteiger partial charge on any atom is -0.325 e. The topological polar surface area (TPSA) is 0 Å². The second kappa shape index (κ2) is 21.9. The molecule has 0 bridgehead atoms. The first-order valence-corrected chi connectivity index (χ1v) is 17.0. The Bertz CT molecular complexity index is 610. The molecule has 0 aromatic heterocycles. The van der Waals surface area contributed by atoms with E-state index in [1.54, 1.807) is 0 Å². The molecule has 0 unspecified atom stereocenters. The predicted octanol–water partition coefficient (Wildman–Crippen LogP) is 10.7. The first-order chi connectivity index (χ1) is 18.3. The van der Waals surface area contributed by atoms with E-state index in [1.165, 1.54) is 153 Å². The van der Waals surface area contributed by atoms with Crippen molar-refractivity contribution in [2.45, 2.75) is 155 Å². The first-order valence-electron chi connectivity index (χ1n) is 17.0. The van der Waals surface area contributed by atoms with Gasteiger partial charge in [-0.2, -0.15) is 0 Å². The van der Waals surface area contributed by atoms with Gasteiger partial charge in [0.1, 0.15) is 13.1 Å². The minimum atomic E-state index is 1.11. The second-order valence-corrected chi connectivity index (χ2v) is 13.8. The molecule has 2 nitrogen and oxygen atoms in total. The maximum absolute atomic E-state index is 2.50. The fourth-order valence-electron chi connectivity index (χ4n) is 6.03. The van der Waals surface area contributed by atoms with E-state index in [1.807, 2.05) is 0 Å². The fraction of sp³-hybridized carbons (Fsp3) is 0.833. The van der Waals surface area contributed by atoms with E-state index in [9.17, 15) is 0 Å². The van der Waals surface area contributed by atoms with Gasteiger partial charge in [-0.25, -0.2) is 0 Å². The number of rotatable bonds is 26. The van der Waals surface area contributed by atoms with Gasteiger partial charge in [-0.3, -0.25) is 0 Å². The van der Waals surface area contributed by atoms with Crippen LogP contribution in [0, 0.1) is 0 Å². The summed E-state index contributed by atoms with van der Waals surface area (Å²) in [4.78, 5) is 0. The van der Waals surface area contributed by atoms with E-state index in [0.29, 0.717) is 0 Å². The standard InChI is InChI=1S/C36H70N2/c1-7-9-11-13-15-17-19-21-23-25-30-37(3,4)33-35-28-27-29-36(32-35)34-38(5,6)31-26-24-22-20-18-16-14-12-10-8-2/h27-29,32H,7-26,30-31,33-34H2,1-6H3/q+2. The van der Waals surface area contributed by atoms with Gasteiger partial charge in [-0.05, 0) is 31.7 Å². The molecule has 0 spiro atoms. The highest BCUT2D eigenvalue weighted by Gasteiger charge is 2.18. The van der Waals surface area contributed by atoms with E-state index >= 15 is 0 Å². The van der Waals surface area contributed by atoms with Crippen LogP contribution in [0.4, 0.5) is 0 Å². The van der Waals surface area contributed by atoms with Gasteiger partial charge in [0.25, 0.3) is 0 Å². The summed E-state index contributed by atoms with van der Waals surface area (Å²) in [5.74, 6) is 0. The van der Waals surface area contributed by atoms with Crippen molar-refractivity contribution in [1.82, 2.24) is 0 Å². The molecule has 38 heavy (non-hydrogen) atoms. The summed E-state index contributed by atoms with van der Waals surface area (Å²) < 4.78 is 2.22. The molecule has 1 aromatic carbocycles. The molecule has 0 atom stereocenters. The van der Waals surface area contributed by atoms with Crippen molar-refractivity contribution in [3.8, 4) is 0 Å². The third kappa shape index (κ3) is 20.1. The van der Waals surface area contributed by atoms with Crippen LogP contribution in [0.5, 0.6) is 0 Å². The average Bonchev–Trinajstić information content (AvgIpc) is 2.86. The van der Waals surface area contributed by atoms with Gasteiger partial charge >= 0.3 is 0 Å². The molecule has 0 fully saturated rings. The summed E-state index contributed by atoms with van der Waals surface area (Å²) in [6.07, 6.45) is 28.4. The second-order valence-electron chi connectivity index (χ2n) is 13.8. The summed E-state index contributed by atoms with van der Waals surface area (Å²) in [5, 5.41) is 0. The van der Waals surface area contributed by atoms with Crippen LogP contribution in [0.2, 0.25) is 0 Å². The van der Waals surface area contributed by atoms with Crippen LogP contribution >= 0.6 is 0 Å². The Morgan fingerprint density at radius 2 is 0.711 bits per heavy atom. The van der Waals surface area contributed by atoms with Crippen molar-refractivity contribution in [2.24, 2.45) is 0 Å². The molecule has 1 aromatic rings. The lowest BCUT2D eigenvalue weighted by Crippen LogP contribution is -2.40. The fourth-order valence-corrected chi connectivity index (χ4v) is 6.03. The zero-order valence-corrected chi connectivity index (χ0v) is 27.2. The largest absolute Gasteiger partial charge is 0.325 e. The van der Waals surface area contributed by atoms with Crippen molar-refractivity contribution in [2.75, 3.05) is 41.3 Å². The molecule has 0 aliphatic rings. The number of benzene rings is 1. The van der Waals surface area contributed by atoms with Crippen LogP contribution < -0.4 is 0 Å². The van der Waals surface area contributed by atoms with Gasteiger partial charge in [0.05, 0.1) is 41.3 Å².